The first-order chi connectivity index (χ1) is 18.5. The van der Waals surface area contributed by atoms with Gasteiger partial charge >= 0.3 is 0 Å². The summed E-state index contributed by atoms with van der Waals surface area (Å²) in [6.45, 7) is 5.86. The first-order valence-corrected chi connectivity index (χ1v) is 13.1. The minimum absolute atomic E-state index is 0.132. The molecule has 5 rings (SSSR count). The van der Waals surface area contributed by atoms with Crippen LogP contribution in [0.25, 0.3) is 11.3 Å². The van der Waals surface area contributed by atoms with Crippen molar-refractivity contribution in [2.45, 2.75) is 38.1 Å². The molecule has 2 aliphatic heterocycles. The maximum Gasteiger partial charge on any atom is 0.291 e. The van der Waals surface area contributed by atoms with E-state index in [1.807, 2.05) is 67.4 Å². The second-order valence-electron chi connectivity index (χ2n) is 9.97. The van der Waals surface area contributed by atoms with Crippen molar-refractivity contribution in [1.29, 1.82) is 0 Å². The molecule has 0 saturated carbocycles. The summed E-state index contributed by atoms with van der Waals surface area (Å²) in [6, 6.07) is 19.4. The van der Waals surface area contributed by atoms with Crippen LogP contribution in [0, 0.1) is 0 Å². The van der Waals surface area contributed by atoms with E-state index in [0.29, 0.717) is 38.3 Å². The van der Waals surface area contributed by atoms with Crippen molar-refractivity contribution in [2.24, 2.45) is 9.98 Å². The molecule has 0 spiro atoms. The number of amides is 2. The lowest BCUT2D eigenvalue weighted by Crippen LogP contribution is -2.64. The zero-order valence-corrected chi connectivity index (χ0v) is 21.8. The van der Waals surface area contributed by atoms with Gasteiger partial charge in [-0.25, -0.2) is 9.98 Å². The molecule has 2 atom stereocenters. The Morgan fingerprint density at radius 1 is 0.974 bits per heavy atom. The molecule has 2 unspecified atom stereocenters. The van der Waals surface area contributed by atoms with Gasteiger partial charge in [-0.1, -0.05) is 43.3 Å². The van der Waals surface area contributed by atoms with Crippen LogP contribution in [-0.2, 0) is 4.79 Å². The molecular formula is C30H32N6O2. The Morgan fingerprint density at radius 3 is 2.53 bits per heavy atom. The van der Waals surface area contributed by atoms with Crippen molar-refractivity contribution >= 4 is 23.9 Å². The lowest BCUT2D eigenvalue weighted by Gasteiger charge is -2.48. The number of carbonyl (C=O) groups is 2. The molecule has 0 radical (unpaired) electrons. The molecule has 1 fully saturated rings. The Kier molecular flexibility index (Phi) is 7.40. The summed E-state index contributed by atoms with van der Waals surface area (Å²) in [5, 5.41) is 0. The third-order valence-corrected chi connectivity index (χ3v) is 7.51. The van der Waals surface area contributed by atoms with Crippen LogP contribution in [0.15, 0.2) is 83.0 Å². The maximum atomic E-state index is 13.6. The number of piperazine rings is 1. The zero-order chi connectivity index (χ0) is 26.5. The predicted molar refractivity (Wildman–Crippen MR) is 148 cm³/mol. The minimum atomic E-state index is -0.545. The average molecular weight is 509 g/mol. The Hall–Kier alpha value is -4.20. The lowest BCUT2D eigenvalue weighted by molar-refractivity contribution is -0.133. The molecule has 3 aromatic rings. The first kappa shape index (κ1) is 25.4. The number of pyridine rings is 2. The van der Waals surface area contributed by atoms with Gasteiger partial charge in [-0.3, -0.25) is 19.6 Å². The van der Waals surface area contributed by atoms with Crippen LogP contribution in [0.3, 0.4) is 0 Å². The van der Waals surface area contributed by atoms with Gasteiger partial charge in [-0.05, 0) is 49.6 Å². The van der Waals surface area contributed by atoms with Crippen LogP contribution in [0.5, 0.6) is 0 Å². The summed E-state index contributed by atoms with van der Waals surface area (Å²) >= 11 is 0. The van der Waals surface area contributed by atoms with Crippen LogP contribution in [0.1, 0.15) is 48.7 Å². The first-order valence-electron chi connectivity index (χ1n) is 13.1. The SMILES string of the molecule is CCC1(C)CN(C(=O)c2cccc(-c3ccncc3)n2)CCN1C(=O)C1=NCCC(c2ccccc2)C=N1. The second kappa shape index (κ2) is 11.0. The molecular weight excluding hydrogens is 476 g/mol. The summed E-state index contributed by atoms with van der Waals surface area (Å²) in [7, 11) is 0. The van der Waals surface area contributed by atoms with Crippen LogP contribution >= 0.6 is 0 Å². The molecule has 4 heterocycles. The topological polar surface area (TPSA) is 91.1 Å². The highest BCUT2D eigenvalue weighted by molar-refractivity contribution is 6.39. The number of rotatable bonds is 5. The normalized spacial score (nSPS) is 21.5. The van der Waals surface area contributed by atoms with Gasteiger partial charge in [0.15, 0.2) is 0 Å². The third-order valence-electron chi connectivity index (χ3n) is 7.51. The number of aliphatic imine (C=N–C) groups is 2. The Morgan fingerprint density at radius 2 is 1.76 bits per heavy atom. The fourth-order valence-electron chi connectivity index (χ4n) is 5.07. The number of amidine groups is 1. The number of nitrogens with zero attached hydrogens (tertiary/aromatic N) is 6. The molecule has 2 aliphatic rings. The number of hydrogen-bond donors (Lipinski definition) is 0. The van der Waals surface area contributed by atoms with Gasteiger partial charge < -0.3 is 9.80 Å². The predicted octanol–water partition coefficient (Wildman–Crippen LogP) is 4.25. The summed E-state index contributed by atoms with van der Waals surface area (Å²) in [4.78, 5) is 48.5. The summed E-state index contributed by atoms with van der Waals surface area (Å²) in [5.74, 6) is 0.0646. The van der Waals surface area contributed by atoms with Gasteiger partial charge in [0.25, 0.3) is 11.8 Å². The summed E-state index contributed by atoms with van der Waals surface area (Å²) in [6.07, 6.45) is 6.77. The van der Waals surface area contributed by atoms with Crippen molar-refractivity contribution in [3.8, 4) is 11.3 Å². The van der Waals surface area contributed by atoms with Crippen molar-refractivity contribution in [3.63, 3.8) is 0 Å². The van der Waals surface area contributed by atoms with E-state index in [9.17, 15) is 9.59 Å². The molecule has 1 saturated heterocycles. The van der Waals surface area contributed by atoms with Crippen LogP contribution in [0.4, 0.5) is 0 Å². The van der Waals surface area contributed by atoms with E-state index >= 15 is 0 Å². The monoisotopic (exact) mass is 508 g/mol. The Labute approximate surface area is 223 Å². The van der Waals surface area contributed by atoms with Crippen molar-refractivity contribution in [2.75, 3.05) is 26.2 Å². The van der Waals surface area contributed by atoms with E-state index < -0.39 is 5.54 Å². The highest BCUT2D eigenvalue weighted by Gasteiger charge is 2.42. The van der Waals surface area contributed by atoms with Crippen LogP contribution < -0.4 is 0 Å². The van der Waals surface area contributed by atoms with Gasteiger partial charge in [-0.2, -0.15) is 0 Å². The minimum Gasteiger partial charge on any atom is -0.333 e. The molecule has 2 aromatic heterocycles. The highest BCUT2D eigenvalue weighted by Crippen LogP contribution is 2.28. The Balaban J connectivity index is 1.30. The van der Waals surface area contributed by atoms with E-state index in [-0.39, 0.29) is 23.6 Å². The van der Waals surface area contributed by atoms with E-state index in [0.717, 1.165) is 17.7 Å². The fourth-order valence-corrected chi connectivity index (χ4v) is 5.07. The lowest BCUT2D eigenvalue weighted by atomic mass is 9.92. The highest BCUT2D eigenvalue weighted by atomic mass is 16.2. The smallest absolute Gasteiger partial charge is 0.291 e. The van der Waals surface area contributed by atoms with Gasteiger partial charge in [0.2, 0.25) is 5.84 Å². The Bertz CT molecular complexity index is 1360. The number of aromatic nitrogens is 2. The third kappa shape index (κ3) is 5.25. The van der Waals surface area contributed by atoms with Gasteiger partial charge in [0.1, 0.15) is 5.69 Å². The van der Waals surface area contributed by atoms with Crippen LogP contribution in [-0.4, -0.2) is 75.4 Å². The molecule has 0 aliphatic carbocycles. The standard InChI is InChI=1S/C30H32N6O2/c1-3-30(2)21-35(28(37)26-11-7-10-25(34-26)23-12-15-31-16-13-23)18-19-36(30)29(38)27-32-17-14-24(20-33-27)22-8-5-4-6-9-22/h4-13,15-16,20,24H,3,14,17-19,21H2,1-2H3. The van der Waals surface area contributed by atoms with Crippen molar-refractivity contribution < 1.29 is 9.59 Å². The van der Waals surface area contributed by atoms with Crippen molar-refractivity contribution in [3.05, 3.63) is 84.3 Å². The molecule has 38 heavy (non-hydrogen) atoms. The van der Waals surface area contributed by atoms with Crippen LogP contribution in [0.2, 0.25) is 0 Å². The maximum absolute atomic E-state index is 13.6. The molecule has 0 bridgehead atoms. The number of carbonyl (C=O) groups excluding carboxylic acids is 2. The van der Waals surface area contributed by atoms with Crippen molar-refractivity contribution in [1.82, 2.24) is 19.8 Å². The molecule has 194 valence electrons. The summed E-state index contributed by atoms with van der Waals surface area (Å²) < 4.78 is 0. The van der Waals surface area contributed by atoms with Gasteiger partial charge in [0, 0.05) is 56.3 Å². The largest absolute Gasteiger partial charge is 0.333 e. The molecule has 8 nitrogen and oxygen atoms in total. The fraction of sp³-hybridized carbons (Fsp3) is 0.333. The van der Waals surface area contributed by atoms with E-state index in [2.05, 4.69) is 32.1 Å². The molecule has 2 amide bonds. The average Bonchev–Trinajstić information content (AvgIpc) is 3.24. The summed E-state index contributed by atoms with van der Waals surface area (Å²) in [5.41, 5.74) is 2.65. The quantitative estimate of drug-likeness (QED) is 0.515. The van der Waals surface area contributed by atoms with E-state index in [4.69, 9.17) is 0 Å². The zero-order valence-electron chi connectivity index (χ0n) is 21.8. The van der Waals surface area contributed by atoms with Gasteiger partial charge in [0.05, 0.1) is 11.2 Å². The number of hydrogen-bond acceptors (Lipinski definition) is 6. The molecule has 1 aromatic carbocycles. The van der Waals surface area contributed by atoms with E-state index in [1.165, 1.54) is 5.56 Å². The second-order valence-corrected chi connectivity index (χ2v) is 9.97. The molecule has 8 heteroatoms. The number of benzene rings is 1. The molecule has 0 N–H and O–H groups in total. The van der Waals surface area contributed by atoms with Gasteiger partial charge in [-0.15, -0.1) is 0 Å². The van der Waals surface area contributed by atoms with E-state index in [1.54, 1.807) is 23.4 Å².